The van der Waals surface area contributed by atoms with Crippen molar-refractivity contribution in [3.8, 4) is 11.5 Å². The van der Waals surface area contributed by atoms with E-state index in [0.717, 1.165) is 0 Å². The molecular formula is C16H17N3O3. The number of nitrogens with one attached hydrogen (secondary N) is 1. The first kappa shape index (κ1) is 15.4. The van der Waals surface area contributed by atoms with Crippen LogP contribution in [0, 0.1) is 0 Å². The summed E-state index contributed by atoms with van der Waals surface area (Å²) in [5.41, 5.74) is 8.58. The molecule has 0 radical (unpaired) electrons. The van der Waals surface area contributed by atoms with E-state index in [2.05, 4.69) is 10.5 Å². The van der Waals surface area contributed by atoms with Gasteiger partial charge in [0, 0.05) is 11.6 Å². The molecule has 6 heteroatoms. The summed E-state index contributed by atoms with van der Waals surface area (Å²) >= 11 is 0. The van der Waals surface area contributed by atoms with E-state index in [4.69, 9.17) is 15.2 Å². The van der Waals surface area contributed by atoms with Crippen LogP contribution in [0.1, 0.15) is 10.4 Å². The van der Waals surface area contributed by atoms with Gasteiger partial charge in [0.05, 0.1) is 7.11 Å². The molecule has 0 heterocycles. The van der Waals surface area contributed by atoms with Crippen LogP contribution in [-0.2, 0) is 0 Å². The number of rotatable bonds is 6. The third-order valence-electron chi connectivity index (χ3n) is 2.76. The van der Waals surface area contributed by atoms with Crippen molar-refractivity contribution >= 4 is 11.7 Å². The van der Waals surface area contributed by atoms with Crippen LogP contribution < -0.4 is 20.6 Å². The number of carbonyl (C=O) groups is 1. The minimum Gasteiger partial charge on any atom is -0.497 e. The van der Waals surface area contributed by atoms with Gasteiger partial charge < -0.3 is 15.2 Å². The van der Waals surface area contributed by atoms with Crippen LogP contribution in [0.15, 0.2) is 59.7 Å². The Kier molecular flexibility index (Phi) is 5.37. The third kappa shape index (κ3) is 4.52. The van der Waals surface area contributed by atoms with Crippen LogP contribution in [0.2, 0.25) is 0 Å². The standard InChI is InChI=1S/C16H17N3O3/c1-21-13-8-5-9-14(10-13)22-11-15(17)18-19-16(20)12-6-3-2-4-7-12/h2-10H,11H2,1H3,(H2,17,18)(H,19,20). The van der Waals surface area contributed by atoms with Gasteiger partial charge in [0.1, 0.15) is 18.1 Å². The lowest BCUT2D eigenvalue weighted by Gasteiger charge is -2.07. The summed E-state index contributed by atoms with van der Waals surface area (Å²) in [7, 11) is 1.58. The number of benzene rings is 2. The number of amides is 1. The number of hydrogen-bond acceptors (Lipinski definition) is 4. The van der Waals surface area contributed by atoms with Crippen molar-refractivity contribution in [3.05, 3.63) is 60.2 Å². The van der Waals surface area contributed by atoms with E-state index in [1.165, 1.54) is 0 Å². The molecular weight excluding hydrogens is 282 g/mol. The molecule has 0 aromatic heterocycles. The van der Waals surface area contributed by atoms with Crippen molar-refractivity contribution in [2.45, 2.75) is 0 Å². The molecule has 1 amide bonds. The van der Waals surface area contributed by atoms with Crippen LogP contribution in [-0.4, -0.2) is 25.5 Å². The van der Waals surface area contributed by atoms with Crippen molar-refractivity contribution in [2.24, 2.45) is 10.8 Å². The third-order valence-corrected chi connectivity index (χ3v) is 2.76. The minimum absolute atomic E-state index is 0.0578. The van der Waals surface area contributed by atoms with Gasteiger partial charge in [0.25, 0.3) is 5.91 Å². The lowest BCUT2D eigenvalue weighted by Crippen LogP contribution is -2.27. The summed E-state index contributed by atoms with van der Waals surface area (Å²) in [5.74, 6) is 1.12. The molecule has 0 bridgehead atoms. The summed E-state index contributed by atoms with van der Waals surface area (Å²) in [6.45, 7) is 0.0578. The number of nitrogens with two attached hydrogens (primary N) is 1. The number of methoxy groups -OCH3 is 1. The molecule has 0 spiro atoms. The summed E-state index contributed by atoms with van der Waals surface area (Å²) in [6.07, 6.45) is 0. The Morgan fingerprint density at radius 1 is 1.14 bits per heavy atom. The zero-order valence-corrected chi connectivity index (χ0v) is 12.2. The van der Waals surface area contributed by atoms with E-state index < -0.39 is 0 Å². The van der Waals surface area contributed by atoms with E-state index in [-0.39, 0.29) is 18.3 Å². The van der Waals surface area contributed by atoms with E-state index in [1.54, 1.807) is 49.6 Å². The Morgan fingerprint density at radius 2 is 1.86 bits per heavy atom. The van der Waals surface area contributed by atoms with Gasteiger partial charge in [-0.05, 0) is 24.3 Å². The van der Waals surface area contributed by atoms with Gasteiger partial charge in [0.15, 0.2) is 5.84 Å². The predicted molar refractivity (Wildman–Crippen MR) is 84.0 cm³/mol. The molecule has 2 aromatic rings. The second-order valence-electron chi connectivity index (χ2n) is 4.38. The van der Waals surface area contributed by atoms with Gasteiger partial charge in [-0.2, -0.15) is 5.10 Å². The second-order valence-corrected chi connectivity index (χ2v) is 4.38. The highest BCUT2D eigenvalue weighted by Gasteiger charge is 2.03. The van der Waals surface area contributed by atoms with E-state index >= 15 is 0 Å². The van der Waals surface area contributed by atoms with E-state index in [1.807, 2.05) is 12.1 Å². The fourth-order valence-corrected chi connectivity index (χ4v) is 1.66. The Balaban J connectivity index is 1.86. The topological polar surface area (TPSA) is 85.9 Å². The van der Waals surface area contributed by atoms with E-state index in [9.17, 15) is 4.79 Å². The van der Waals surface area contributed by atoms with Crippen LogP contribution in [0.3, 0.4) is 0 Å². The Labute approximate surface area is 128 Å². The number of ether oxygens (including phenoxy) is 2. The molecule has 0 unspecified atom stereocenters. The smallest absolute Gasteiger partial charge is 0.271 e. The summed E-state index contributed by atoms with van der Waals surface area (Å²) in [6, 6.07) is 15.9. The van der Waals surface area contributed by atoms with Crippen LogP contribution >= 0.6 is 0 Å². The normalized spacial score (nSPS) is 10.9. The molecule has 114 valence electrons. The van der Waals surface area contributed by atoms with E-state index in [0.29, 0.717) is 17.1 Å². The Hall–Kier alpha value is -3.02. The maximum absolute atomic E-state index is 11.8. The fourth-order valence-electron chi connectivity index (χ4n) is 1.66. The Bertz CT molecular complexity index is 657. The zero-order valence-electron chi connectivity index (χ0n) is 12.2. The first-order valence-electron chi connectivity index (χ1n) is 6.63. The molecule has 6 nitrogen and oxygen atoms in total. The largest absolute Gasteiger partial charge is 0.497 e. The van der Waals surface area contributed by atoms with Crippen LogP contribution in [0.4, 0.5) is 0 Å². The van der Waals surface area contributed by atoms with Crippen molar-refractivity contribution in [3.63, 3.8) is 0 Å². The monoisotopic (exact) mass is 299 g/mol. The SMILES string of the molecule is COc1cccc(OC/C(N)=N/NC(=O)c2ccccc2)c1. The average molecular weight is 299 g/mol. The number of carbonyl (C=O) groups excluding carboxylic acids is 1. The lowest BCUT2D eigenvalue weighted by molar-refractivity contribution is 0.0954. The van der Waals surface area contributed by atoms with Crippen molar-refractivity contribution in [2.75, 3.05) is 13.7 Å². The molecule has 22 heavy (non-hydrogen) atoms. The minimum atomic E-state index is -0.329. The highest BCUT2D eigenvalue weighted by atomic mass is 16.5. The second kappa shape index (κ2) is 7.68. The fraction of sp³-hybridized carbons (Fsp3) is 0.125. The molecule has 3 N–H and O–H groups in total. The molecule has 0 aliphatic heterocycles. The van der Waals surface area contributed by atoms with Crippen LogP contribution in [0.5, 0.6) is 11.5 Å². The van der Waals surface area contributed by atoms with Gasteiger partial charge >= 0.3 is 0 Å². The molecule has 0 aliphatic rings. The number of nitrogens with zero attached hydrogens (tertiary/aromatic N) is 1. The molecule has 0 fully saturated rings. The summed E-state index contributed by atoms with van der Waals surface area (Å²) < 4.78 is 10.6. The van der Waals surface area contributed by atoms with Gasteiger partial charge in [0.2, 0.25) is 0 Å². The number of hydrogen-bond donors (Lipinski definition) is 2. The van der Waals surface area contributed by atoms with Crippen molar-refractivity contribution < 1.29 is 14.3 Å². The van der Waals surface area contributed by atoms with Crippen molar-refractivity contribution in [1.29, 1.82) is 0 Å². The van der Waals surface area contributed by atoms with Gasteiger partial charge in [-0.15, -0.1) is 0 Å². The molecule has 2 aromatic carbocycles. The highest BCUT2D eigenvalue weighted by Crippen LogP contribution is 2.18. The van der Waals surface area contributed by atoms with Gasteiger partial charge in [-0.1, -0.05) is 24.3 Å². The Morgan fingerprint density at radius 3 is 2.59 bits per heavy atom. The molecule has 0 saturated carbocycles. The maximum atomic E-state index is 11.8. The number of hydrazone groups is 1. The zero-order chi connectivity index (χ0) is 15.8. The predicted octanol–water partition coefficient (Wildman–Crippen LogP) is 1.78. The quantitative estimate of drug-likeness (QED) is 0.483. The maximum Gasteiger partial charge on any atom is 0.271 e. The molecule has 0 aliphatic carbocycles. The first-order chi connectivity index (χ1) is 10.7. The van der Waals surface area contributed by atoms with Gasteiger partial charge in [-0.3, -0.25) is 4.79 Å². The van der Waals surface area contributed by atoms with Crippen molar-refractivity contribution in [1.82, 2.24) is 5.43 Å². The van der Waals surface area contributed by atoms with Crippen LogP contribution in [0.25, 0.3) is 0 Å². The molecule has 0 saturated heterocycles. The average Bonchev–Trinajstić information content (AvgIpc) is 2.58. The highest BCUT2D eigenvalue weighted by molar-refractivity contribution is 5.95. The number of amidine groups is 1. The summed E-state index contributed by atoms with van der Waals surface area (Å²) in [5, 5.41) is 3.80. The lowest BCUT2D eigenvalue weighted by atomic mass is 10.2. The molecule has 2 rings (SSSR count). The molecule has 0 atom stereocenters. The first-order valence-corrected chi connectivity index (χ1v) is 6.63. The van der Waals surface area contributed by atoms with Gasteiger partial charge in [-0.25, -0.2) is 5.43 Å². The summed E-state index contributed by atoms with van der Waals surface area (Å²) in [4.78, 5) is 11.8.